The summed E-state index contributed by atoms with van der Waals surface area (Å²) < 4.78 is 0. The van der Waals surface area contributed by atoms with Gasteiger partial charge in [-0.1, -0.05) is 152 Å². The second-order valence-corrected chi connectivity index (χ2v) is 14.4. The Morgan fingerprint density at radius 3 is 1.79 bits per heavy atom. The molecule has 0 aliphatic heterocycles. The second kappa shape index (κ2) is 10.6. The minimum absolute atomic E-state index is 0.487. The average molecular weight is 671 g/mol. The Labute approximate surface area is 306 Å². The third-order valence-electron chi connectivity index (χ3n) is 11.9. The number of aromatic nitrogens is 2. The van der Waals surface area contributed by atoms with Crippen LogP contribution in [0.1, 0.15) is 22.3 Å². The molecule has 10 aromatic rings. The smallest absolute Gasteiger partial charge is 0.0803 e. The summed E-state index contributed by atoms with van der Waals surface area (Å²) in [5, 5.41) is 8.40. The van der Waals surface area contributed by atoms with Gasteiger partial charge in [0.05, 0.1) is 16.6 Å². The van der Waals surface area contributed by atoms with E-state index in [1.165, 1.54) is 77.2 Å². The van der Waals surface area contributed by atoms with Gasteiger partial charge in [0.15, 0.2) is 0 Å². The van der Waals surface area contributed by atoms with E-state index in [0.717, 1.165) is 32.9 Å². The third-order valence-corrected chi connectivity index (χ3v) is 11.9. The average Bonchev–Trinajstić information content (AvgIpc) is 3.71. The molecule has 1 spiro atoms. The van der Waals surface area contributed by atoms with E-state index in [1.54, 1.807) is 0 Å². The zero-order valence-electron chi connectivity index (χ0n) is 28.7. The molecular formula is C51H30N2. The summed E-state index contributed by atoms with van der Waals surface area (Å²) in [7, 11) is 0. The Hall–Kier alpha value is -6.90. The van der Waals surface area contributed by atoms with Gasteiger partial charge >= 0.3 is 0 Å². The van der Waals surface area contributed by atoms with Crippen molar-refractivity contribution in [3.8, 4) is 44.6 Å². The molecule has 2 aliphatic carbocycles. The monoisotopic (exact) mass is 670 g/mol. The van der Waals surface area contributed by atoms with E-state index >= 15 is 0 Å². The summed E-state index contributed by atoms with van der Waals surface area (Å²) >= 11 is 0. The lowest BCUT2D eigenvalue weighted by molar-refractivity contribution is 0.802. The Bertz CT molecular complexity index is 3140. The van der Waals surface area contributed by atoms with E-state index in [-0.39, 0.29) is 0 Å². The molecule has 244 valence electrons. The van der Waals surface area contributed by atoms with Crippen LogP contribution < -0.4 is 0 Å². The first-order chi connectivity index (χ1) is 26.3. The van der Waals surface area contributed by atoms with Crippen molar-refractivity contribution < 1.29 is 0 Å². The minimum atomic E-state index is -0.487. The SMILES string of the molecule is c1ccc(-c2cc3c(c4ccccc24)-c2ccc4ccccc4c2C32c3ccccc3-c3ccccc32)c(-c2ccc3ccc4ccncc4c3n2)c1. The van der Waals surface area contributed by atoms with Crippen LogP contribution in [-0.2, 0) is 5.41 Å². The standard InChI is InChI=1S/C51H30N2/c1-2-12-34-31(11-1)23-25-41-48-40-18-6-4-14-36(40)42(29-46(48)51(49(34)41)44-19-9-7-15-37(44)38-16-8-10-20-45(38)51)35-13-3-5-17-39(35)47-26-24-33-22-21-32-27-28-52-30-43(32)50(33)53-47/h1-30H. The minimum Gasteiger partial charge on any atom is -0.264 e. The molecule has 0 unspecified atom stereocenters. The van der Waals surface area contributed by atoms with Gasteiger partial charge in [-0.15, -0.1) is 0 Å². The van der Waals surface area contributed by atoms with Gasteiger partial charge in [-0.05, 0) is 101 Å². The van der Waals surface area contributed by atoms with Gasteiger partial charge in [0.25, 0.3) is 0 Å². The number of rotatable bonds is 2. The first-order valence-corrected chi connectivity index (χ1v) is 18.3. The van der Waals surface area contributed by atoms with Crippen LogP contribution in [0.15, 0.2) is 182 Å². The molecule has 0 bridgehead atoms. The quantitative estimate of drug-likeness (QED) is 0.171. The number of pyridine rings is 2. The number of hydrogen-bond acceptors (Lipinski definition) is 2. The fourth-order valence-electron chi connectivity index (χ4n) is 9.84. The first kappa shape index (κ1) is 28.8. The van der Waals surface area contributed by atoms with Crippen molar-refractivity contribution in [2.24, 2.45) is 0 Å². The Balaban J connectivity index is 1.21. The van der Waals surface area contributed by atoms with Gasteiger partial charge in [0.1, 0.15) is 0 Å². The van der Waals surface area contributed by atoms with Crippen molar-refractivity contribution in [3.05, 3.63) is 205 Å². The molecule has 2 nitrogen and oxygen atoms in total. The molecule has 0 atom stereocenters. The molecule has 0 amide bonds. The molecule has 0 saturated heterocycles. The summed E-state index contributed by atoms with van der Waals surface area (Å²) in [6.07, 6.45) is 3.79. The lowest BCUT2D eigenvalue weighted by atomic mass is 9.69. The summed E-state index contributed by atoms with van der Waals surface area (Å²) in [6.45, 7) is 0. The van der Waals surface area contributed by atoms with E-state index in [4.69, 9.17) is 4.98 Å². The highest BCUT2D eigenvalue weighted by Crippen LogP contribution is 2.65. The van der Waals surface area contributed by atoms with E-state index < -0.39 is 5.41 Å². The zero-order valence-corrected chi connectivity index (χ0v) is 28.7. The number of hydrogen-bond donors (Lipinski definition) is 0. The van der Waals surface area contributed by atoms with E-state index in [2.05, 4.69) is 175 Å². The van der Waals surface area contributed by atoms with Gasteiger partial charge in [-0.2, -0.15) is 0 Å². The van der Waals surface area contributed by atoms with E-state index in [9.17, 15) is 0 Å². The maximum absolute atomic E-state index is 5.37. The second-order valence-electron chi connectivity index (χ2n) is 14.4. The van der Waals surface area contributed by atoms with Crippen molar-refractivity contribution >= 4 is 43.2 Å². The van der Waals surface area contributed by atoms with Crippen LogP contribution in [0.3, 0.4) is 0 Å². The highest BCUT2D eigenvalue weighted by molar-refractivity contribution is 6.15. The van der Waals surface area contributed by atoms with Gasteiger partial charge in [0.2, 0.25) is 0 Å². The molecular weight excluding hydrogens is 641 g/mol. The third kappa shape index (κ3) is 3.72. The maximum Gasteiger partial charge on any atom is 0.0803 e. The van der Waals surface area contributed by atoms with Crippen molar-refractivity contribution in [1.29, 1.82) is 0 Å². The highest BCUT2D eigenvalue weighted by Gasteiger charge is 2.53. The fourth-order valence-corrected chi connectivity index (χ4v) is 9.84. The molecule has 0 saturated carbocycles. The van der Waals surface area contributed by atoms with E-state index in [1.807, 2.05) is 12.4 Å². The summed E-state index contributed by atoms with van der Waals surface area (Å²) in [5.41, 5.74) is 15.6. The molecule has 12 rings (SSSR count). The first-order valence-electron chi connectivity index (χ1n) is 18.3. The van der Waals surface area contributed by atoms with Crippen LogP contribution in [0.5, 0.6) is 0 Å². The van der Waals surface area contributed by atoms with Crippen LogP contribution in [0, 0.1) is 0 Å². The van der Waals surface area contributed by atoms with Crippen LogP contribution >= 0.6 is 0 Å². The van der Waals surface area contributed by atoms with Gasteiger partial charge in [-0.3, -0.25) is 4.98 Å². The molecule has 2 heterocycles. The summed E-state index contributed by atoms with van der Waals surface area (Å²) in [5.74, 6) is 0. The van der Waals surface area contributed by atoms with Crippen molar-refractivity contribution in [1.82, 2.24) is 9.97 Å². The predicted octanol–water partition coefficient (Wildman–Crippen LogP) is 12.8. The number of benzene rings is 8. The molecule has 53 heavy (non-hydrogen) atoms. The summed E-state index contributed by atoms with van der Waals surface area (Å²) in [4.78, 5) is 9.83. The fraction of sp³-hybridized carbons (Fsp3) is 0.0196. The molecule has 0 fully saturated rings. The molecule has 2 aromatic heterocycles. The van der Waals surface area contributed by atoms with Crippen LogP contribution in [0.25, 0.3) is 87.9 Å². The highest BCUT2D eigenvalue weighted by atomic mass is 14.7. The molecule has 2 aliphatic rings. The van der Waals surface area contributed by atoms with Crippen molar-refractivity contribution in [2.75, 3.05) is 0 Å². The van der Waals surface area contributed by atoms with Gasteiger partial charge in [-0.25, -0.2) is 4.98 Å². The molecule has 0 N–H and O–H groups in total. The maximum atomic E-state index is 5.37. The molecule has 0 radical (unpaired) electrons. The Morgan fingerprint density at radius 1 is 0.377 bits per heavy atom. The Kier molecular flexibility index (Phi) is 5.73. The van der Waals surface area contributed by atoms with E-state index in [0.29, 0.717) is 0 Å². The lowest BCUT2D eigenvalue weighted by Crippen LogP contribution is -2.26. The van der Waals surface area contributed by atoms with Crippen LogP contribution in [-0.4, -0.2) is 9.97 Å². The Morgan fingerprint density at radius 2 is 0.981 bits per heavy atom. The van der Waals surface area contributed by atoms with Crippen LogP contribution in [0.4, 0.5) is 0 Å². The van der Waals surface area contributed by atoms with Crippen molar-refractivity contribution in [3.63, 3.8) is 0 Å². The largest absolute Gasteiger partial charge is 0.264 e. The molecule has 8 aromatic carbocycles. The van der Waals surface area contributed by atoms with Gasteiger partial charge < -0.3 is 0 Å². The number of fused-ring (bicyclic) bond motifs is 17. The topological polar surface area (TPSA) is 25.8 Å². The lowest BCUT2D eigenvalue weighted by Gasteiger charge is -2.32. The van der Waals surface area contributed by atoms with Gasteiger partial charge in [0, 0.05) is 28.7 Å². The predicted molar refractivity (Wildman–Crippen MR) is 219 cm³/mol. The summed E-state index contributed by atoms with van der Waals surface area (Å²) in [6, 6.07) is 62.9. The normalized spacial score (nSPS) is 13.4. The zero-order chi connectivity index (χ0) is 34.7. The van der Waals surface area contributed by atoms with Crippen molar-refractivity contribution in [2.45, 2.75) is 5.41 Å². The molecule has 2 heteroatoms. The van der Waals surface area contributed by atoms with Crippen LogP contribution in [0.2, 0.25) is 0 Å². The number of nitrogens with zero attached hydrogens (tertiary/aromatic N) is 2.